The molecular formula is C34H41ClN4O7. The van der Waals surface area contributed by atoms with Crippen molar-refractivity contribution in [2.24, 2.45) is 0 Å². The maximum atomic E-state index is 13.2. The highest BCUT2D eigenvalue weighted by molar-refractivity contribution is 6.35. The van der Waals surface area contributed by atoms with Gasteiger partial charge < -0.3 is 23.8 Å². The van der Waals surface area contributed by atoms with E-state index in [0.29, 0.717) is 30.6 Å². The van der Waals surface area contributed by atoms with Crippen LogP contribution in [0.25, 0.3) is 11.1 Å². The van der Waals surface area contributed by atoms with E-state index in [-0.39, 0.29) is 34.9 Å². The lowest BCUT2D eigenvalue weighted by Gasteiger charge is -2.26. The average molecular weight is 653 g/mol. The van der Waals surface area contributed by atoms with Crippen LogP contribution in [0.3, 0.4) is 0 Å². The smallest absolute Gasteiger partial charge is 0.417 e. The Bertz CT molecular complexity index is 1580. The van der Waals surface area contributed by atoms with Crippen molar-refractivity contribution in [3.8, 4) is 16.9 Å². The summed E-state index contributed by atoms with van der Waals surface area (Å²) < 4.78 is 22.3. The van der Waals surface area contributed by atoms with Crippen molar-refractivity contribution < 1.29 is 33.3 Å². The maximum absolute atomic E-state index is 13.2. The van der Waals surface area contributed by atoms with Gasteiger partial charge in [-0.3, -0.25) is 0 Å². The minimum absolute atomic E-state index is 0.0816. The number of halogens is 1. The molecule has 0 saturated carbocycles. The van der Waals surface area contributed by atoms with Gasteiger partial charge in [0.15, 0.2) is 0 Å². The molecule has 2 aromatic carbocycles. The number of rotatable bonds is 7. The van der Waals surface area contributed by atoms with Gasteiger partial charge in [-0.2, -0.15) is 0 Å². The molecule has 1 unspecified atom stereocenters. The Kier molecular flexibility index (Phi) is 10.5. The SMILES string of the molecule is COC(=O)c1cc(-c2cnc(N(Cc3cccc(C)c3)C(=O)OC(C)(C)C)nc2)cc(OC2CCN(C(=O)OC(C)(C)C)C2)c1Cl. The number of esters is 1. The number of amides is 2. The molecule has 0 aliphatic carbocycles. The molecule has 1 fully saturated rings. The number of aromatic nitrogens is 2. The third kappa shape index (κ3) is 9.09. The highest BCUT2D eigenvalue weighted by atomic mass is 35.5. The largest absolute Gasteiger partial charge is 0.487 e. The monoisotopic (exact) mass is 652 g/mol. The molecule has 46 heavy (non-hydrogen) atoms. The summed E-state index contributed by atoms with van der Waals surface area (Å²) in [7, 11) is 1.26. The maximum Gasteiger partial charge on any atom is 0.417 e. The number of ether oxygens (including phenoxy) is 4. The van der Waals surface area contributed by atoms with Gasteiger partial charge in [-0.1, -0.05) is 41.4 Å². The van der Waals surface area contributed by atoms with Crippen LogP contribution in [0.1, 0.15) is 69.4 Å². The molecule has 2 amide bonds. The number of aryl methyl sites for hydroxylation is 1. The van der Waals surface area contributed by atoms with E-state index >= 15 is 0 Å². The van der Waals surface area contributed by atoms with Gasteiger partial charge in [-0.15, -0.1) is 0 Å². The lowest BCUT2D eigenvalue weighted by Crippen LogP contribution is -2.37. The normalized spacial score (nSPS) is 14.9. The van der Waals surface area contributed by atoms with Crippen molar-refractivity contribution in [3.05, 3.63) is 70.5 Å². The molecule has 4 rings (SSSR count). The molecule has 2 heterocycles. The van der Waals surface area contributed by atoms with E-state index in [4.69, 9.17) is 30.5 Å². The van der Waals surface area contributed by atoms with Crippen LogP contribution in [0.5, 0.6) is 5.75 Å². The second kappa shape index (κ2) is 13.9. The van der Waals surface area contributed by atoms with E-state index < -0.39 is 29.4 Å². The zero-order valence-corrected chi connectivity index (χ0v) is 28.3. The first kappa shape index (κ1) is 34.5. The van der Waals surface area contributed by atoms with Gasteiger partial charge in [0.2, 0.25) is 5.95 Å². The van der Waals surface area contributed by atoms with Crippen LogP contribution in [-0.4, -0.2) is 70.5 Å². The first-order valence-corrected chi connectivity index (χ1v) is 15.4. The summed E-state index contributed by atoms with van der Waals surface area (Å²) in [5.74, 6) is -0.258. The number of nitrogens with zero attached hydrogens (tertiary/aromatic N) is 4. The Morgan fingerprint density at radius 1 is 0.978 bits per heavy atom. The van der Waals surface area contributed by atoms with Gasteiger partial charge in [-0.05, 0) is 71.7 Å². The molecule has 0 spiro atoms. The van der Waals surface area contributed by atoms with Crippen molar-refractivity contribution in [1.29, 1.82) is 0 Å². The molecule has 1 saturated heterocycles. The van der Waals surface area contributed by atoms with Crippen molar-refractivity contribution in [3.63, 3.8) is 0 Å². The van der Waals surface area contributed by atoms with E-state index in [1.165, 1.54) is 12.0 Å². The molecule has 0 N–H and O–H groups in total. The number of hydrogen-bond donors (Lipinski definition) is 0. The van der Waals surface area contributed by atoms with Crippen LogP contribution in [0, 0.1) is 6.92 Å². The van der Waals surface area contributed by atoms with E-state index in [1.807, 2.05) is 52.0 Å². The Morgan fingerprint density at radius 2 is 1.65 bits per heavy atom. The van der Waals surface area contributed by atoms with Gasteiger partial charge in [-0.25, -0.2) is 29.3 Å². The number of carbonyl (C=O) groups is 3. The van der Waals surface area contributed by atoms with Gasteiger partial charge in [0.05, 0.1) is 30.8 Å². The molecule has 1 aliphatic rings. The summed E-state index contributed by atoms with van der Waals surface area (Å²) in [5.41, 5.74) is 1.76. The molecule has 246 valence electrons. The summed E-state index contributed by atoms with van der Waals surface area (Å²) in [6, 6.07) is 11.0. The van der Waals surface area contributed by atoms with Crippen molar-refractivity contribution in [2.45, 2.75) is 78.7 Å². The highest BCUT2D eigenvalue weighted by Gasteiger charge is 2.32. The fourth-order valence-corrected chi connectivity index (χ4v) is 4.97. The summed E-state index contributed by atoms with van der Waals surface area (Å²) >= 11 is 6.63. The highest BCUT2D eigenvalue weighted by Crippen LogP contribution is 2.36. The number of likely N-dealkylation sites (tertiary alicyclic amines) is 1. The lowest BCUT2D eigenvalue weighted by molar-refractivity contribution is 0.0275. The Balaban J connectivity index is 1.62. The van der Waals surface area contributed by atoms with Crippen LogP contribution >= 0.6 is 11.6 Å². The zero-order valence-electron chi connectivity index (χ0n) is 27.5. The van der Waals surface area contributed by atoms with E-state index in [1.54, 1.807) is 50.2 Å². The number of hydrogen-bond acceptors (Lipinski definition) is 9. The van der Waals surface area contributed by atoms with Crippen molar-refractivity contribution >= 4 is 35.7 Å². The molecular weight excluding hydrogens is 612 g/mol. The first-order chi connectivity index (χ1) is 21.5. The number of carbonyl (C=O) groups excluding carboxylic acids is 3. The summed E-state index contributed by atoms with van der Waals surface area (Å²) in [6.45, 7) is 13.7. The predicted octanol–water partition coefficient (Wildman–Crippen LogP) is 7.22. The minimum Gasteiger partial charge on any atom is -0.487 e. The molecule has 1 aromatic heterocycles. The van der Waals surface area contributed by atoms with Crippen LogP contribution < -0.4 is 9.64 Å². The van der Waals surface area contributed by atoms with Crippen molar-refractivity contribution in [1.82, 2.24) is 14.9 Å². The van der Waals surface area contributed by atoms with Crippen LogP contribution in [-0.2, 0) is 20.8 Å². The predicted molar refractivity (Wildman–Crippen MR) is 174 cm³/mol. The molecule has 3 aromatic rings. The number of benzene rings is 2. The van der Waals surface area contributed by atoms with Crippen LogP contribution in [0.2, 0.25) is 5.02 Å². The fraction of sp³-hybridized carbons (Fsp3) is 0.441. The second-order valence-electron chi connectivity index (χ2n) is 13.1. The molecule has 1 atom stereocenters. The van der Waals surface area contributed by atoms with Crippen LogP contribution in [0.15, 0.2) is 48.8 Å². The van der Waals surface area contributed by atoms with Crippen LogP contribution in [0.4, 0.5) is 15.5 Å². The minimum atomic E-state index is -0.727. The standard InChI is InChI=1S/C34H41ClN4O7/c1-21-10-9-11-22(14-21)19-39(32(42)46-34(5,6)7)30-36-17-24(18-37-30)23-15-26(29(40)43-8)28(35)27(16-23)44-25-12-13-38(20-25)31(41)45-33(2,3)4/h9-11,14-18,25H,12-13,19-20H2,1-8H3. The van der Waals surface area contributed by atoms with Gasteiger partial charge in [0.25, 0.3) is 0 Å². The van der Waals surface area contributed by atoms with Gasteiger partial charge in [0.1, 0.15) is 23.1 Å². The zero-order chi connectivity index (χ0) is 33.8. The average Bonchev–Trinajstić information content (AvgIpc) is 3.44. The summed E-state index contributed by atoms with van der Waals surface area (Å²) in [5, 5.41) is 0.0816. The Hall–Kier alpha value is -4.38. The first-order valence-electron chi connectivity index (χ1n) is 15.0. The molecule has 0 bridgehead atoms. The lowest BCUT2D eigenvalue weighted by atomic mass is 10.0. The second-order valence-corrected chi connectivity index (χ2v) is 13.5. The summed E-state index contributed by atoms with van der Waals surface area (Å²) in [4.78, 5) is 50.4. The molecule has 11 nitrogen and oxygen atoms in total. The van der Waals surface area contributed by atoms with E-state index in [9.17, 15) is 14.4 Å². The van der Waals surface area contributed by atoms with Gasteiger partial charge >= 0.3 is 18.2 Å². The summed E-state index contributed by atoms with van der Waals surface area (Å²) in [6.07, 6.45) is 2.25. The number of methoxy groups -OCH3 is 1. The quantitative estimate of drug-likeness (QED) is 0.192. The van der Waals surface area contributed by atoms with E-state index in [0.717, 1.165) is 11.1 Å². The Morgan fingerprint density at radius 3 is 2.26 bits per heavy atom. The Labute approximate surface area is 274 Å². The molecule has 12 heteroatoms. The number of anilines is 1. The van der Waals surface area contributed by atoms with Gasteiger partial charge in [0, 0.05) is 30.9 Å². The fourth-order valence-electron chi connectivity index (χ4n) is 4.74. The van der Waals surface area contributed by atoms with E-state index in [2.05, 4.69) is 9.97 Å². The van der Waals surface area contributed by atoms with Crippen molar-refractivity contribution in [2.75, 3.05) is 25.1 Å². The molecule has 0 radical (unpaired) electrons. The topological polar surface area (TPSA) is 120 Å². The third-order valence-electron chi connectivity index (χ3n) is 6.78. The molecule has 1 aliphatic heterocycles. The third-order valence-corrected chi connectivity index (χ3v) is 7.17.